The summed E-state index contributed by atoms with van der Waals surface area (Å²) in [6.45, 7) is 3.93. The van der Waals surface area contributed by atoms with Crippen LogP contribution in [0, 0.1) is 6.92 Å². The number of carbonyl (C=O) groups is 1. The molecule has 1 aliphatic rings. The van der Waals surface area contributed by atoms with Crippen molar-refractivity contribution in [2.75, 3.05) is 30.4 Å². The highest BCUT2D eigenvalue weighted by Gasteiger charge is 2.20. The normalized spacial score (nSPS) is 15.1. The monoisotopic (exact) mass is 403 g/mol. The second-order valence-electron chi connectivity index (χ2n) is 6.21. The van der Waals surface area contributed by atoms with E-state index >= 15 is 0 Å². The van der Waals surface area contributed by atoms with Gasteiger partial charge in [-0.15, -0.1) is 0 Å². The molecule has 1 fully saturated rings. The van der Waals surface area contributed by atoms with Crippen molar-refractivity contribution in [1.29, 1.82) is 0 Å². The maximum atomic E-state index is 11.6. The number of aryl methyl sites for hydroxylation is 1. The molecular weight excluding hydrogens is 382 g/mol. The fourth-order valence-electron chi connectivity index (χ4n) is 3.05. The minimum Gasteiger partial charge on any atom is -0.465 e. The van der Waals surface area contributed by atoms with Crippen LogP contribution in [0.5, 0.6) is 0 Å². The fourth-order valence-corrected chi connectivity index (χ4v) is 3.27. The molecule has 0 aliphatic carbocycles. The molecule has 0 unspecified atom stereocenters. The first kappa shape index (κ1) is 17.7. The molecule has 3 rings (SSSR count). The number of carbonyl (C=O) groups excluding carboxylic acids is 1. The molecule has 1 N–H and O–H groups in total. The van der Waals surface area contributed by atoms with Crippen molar-refractivity contribution in [3.05, 3.63) is 52.1 Å². The molecule has 1 saturated heterocycles. The fraction of sp³-hybridized carbons (Fsp3) is 0.368. The lowest BCUT2D eigenvalue weighted by Crippen LogP contribution is -2.39. The van der Waals surface area contributed by atoms with Gasteiger partial charge in [0.2, 0.25) is 0 Å². The van der Waals surface area contributed by atoms with E-state index in [1.54, 1.807) is 6.07 Å². The van der Waals surface area contributed by atoms with Crippen LogP contribution in [-0.2, 0) is 4.74 Å². The van der Waals surface area contributed by atoms with Crippen molar-refractivity contribution >= 4 is 33.4 Å². The number of hydrogen-bond donors (Lipinski definition) is 1. The van der Waals surface area contributed by atoms with Gasteiger partial charge >= 0.3 is 5.97 Å². The second-order valence-corrected chi connectivity index (χ2v) is 7.07. The molecule has 1 aliphatic heterocycles. The number of nitrogens with zero attached hydrogens (tertiary/aromatic N) is 2. The number of ether oxygens (including phenoxy) is 1. The van der Waals surface area contributed by atoms with Crippen LogP contribution in [-0.4, -0.2) is 37.2 Å². The zero-order chi connectivity index (χ0) is 17.8. The molecule has 0 spiro atoms. The molecule has 1 aromatic heterocycles. The van der Waals surface area contributed by atoms with Crippen LogP contribution in [0.15, 0.2) is 40.9 Å². The van der Waals surface area contributed by atoms with Gasteiger partial charge in [0.05, 0.1) is 18.4 Å². The van der Waals surface area contributed by atoms with E-state index in [-0.39, 0.29) is 5.97 Å². The first-order valence-electron chi connectivity index (χ1n) is 8.40. The van der Waals surface area contributed by atoms with E-state index < -0.39 is 0 Å². The third-order valence-electron chi connectivity index (χ3n) is 4.48. The molecule has 0 bridgehead atoms. The van der Waals surface area contributed by atoms with Crippen LogP contribution in [0.1, 0.15) is 28.9 Å². The van der Waals surface area contributed by atoms with Gasteiger partial charge in [0.1, 0.15) is 5.82 Å². The summed E-state index contributed by atoms with van der Waals surface area (Å²) in [6.07, 6.45) is 2.05. The summed E-state index contributed by atoms with van der Waals surface area (Å²) < 4.78 is 5.82. The number of nitrogens with one attached hydrogen (secondary N) is 1. The Labute approximate surface area is 156 Å². The maximum absolute atomic E-state index is 11.6. The standard InChI is InChI=1S/C19H22BrN3O2/c1-13-17(20)6-7-18(21-13)23-10-8-15(9-11-23)22-16-5-3-4-14(12-16)19(24)25-2/h3-7,12,15,22H,8-11H2,1-2H3. The summed E-state index contributed by atoms with van der Waals surface area (Å²) in [5, 5.41) is 3.53. The lowest BCUT2D eigenvalue weighted by Gasteiger charge is -2.33. The summed E-state index contributed by atoms with van der Waals surface area (Å²) in [5.74, 6) is 0.724. The van der Waals surface area contributed by atoms with E-state index in [9.17, 15) is 4.79 Å². The number of rotatable bonds is 4. The Hall–Kier alpha value is -2.08. The molecule has 0 saturated carbocycles. The Morgan fingerprint density at radius 2 is 2.04 bits per heavy atom. The van der Waals surface area contributed by atoms with Gasteiger partial charge in [-0.25, -0.2) is 9.78 Å². The van der Waals surface area contributed by atoms with Crippen LogP contribution in [0.2, 0.25) is 0 Å². The van der Waals surface area contributed by atoms with Crippen molar-refractivity contribution < 1.29 is 9.53 Å². The SMILES string of the molecule is COC(=O)c1cccc(NC2CCN(c3ccc(Br)c(C)n3)CC2)c1. The van der Waals surface area contributed by atoms with Crippen LogP contribution in [0.4, 0.5) is 11.5 Å². The smallest absolute Gasteiger partial charge is 0.337 e. The minimum absolute atomic E-state index is 0.310. The highest BCUT2D eigenvalue weighted by molar-refractivity contribution is 9.10. The first-order chi connectivity index (χ1) is 12.1. The molecule has 5 nitrogen and oxygen atoms in total. The van der Waals surface area contributed by atoms with Crippen LogP contribution in [0.3, 0.4) is 0 Å². The van der Waals surface area contributed by atoms with E-state index in [1.165, 1.54) is 7.11 Å². The molecule has 0 atom stereocenters. The van der Waals surface area contributed by atoms with Gasteiger partial charge in [-0.05, 0) is 66.0 Å². The van der Waals surface area contributed by atoms with Crippen molar-refractivity contribution in [3.63, 3.8) is 0 Å². The summed E-state index contributed by atoms with van der Waals surface area (Å²) in [4.78, 5) is 18.6. The predicted molar refractivity (Wildman–Crippen MR) is 103 cm³/mol. The zero-order valence-electron chi connectivity index (χ0n) is 14.5. The minimum atomic E-state index is -0.310. The Kier molecular flexibility index (Phi) is 5.58. The Bertz CT molecular complexity index is 758. The predicted octanol–water partition coefficient (Wildman–Crippen LogP) is 4.02. The van der Waals surface area contributed by atoms with Crippen LogP contribution in [0.25, 0.3) is 0 Å². The van der Waals surface area contributed by atoms with E-state index in [0.29, 0.717) is 11.6 Å². The van der Waals surface area contributed by atoms with Gasteiger partial charge in [0.25, 0.3) is 0 Å². The summed E-state index contributed by atoms with van der Waals surface area (Å²) >= 11 is 3.50. The second kappa shape index (κ2) is 7.87. The topological polar surface area (TPSA) is 54.5 Å². The molecule has 2 aromatic rings. The Morgan fingerprint density at radius 1 is 1.28 bits per heavy atom. The number of benzene rings is 1. The number of hydrogen-bond acceptors (Lipinski definition) is 5. The zero-order valence-corrected chi connectivity index (χ0v) is 16.0. The van der Waals surface area contributed by atoms with Gasteiger partial charge < -0.3 is 15.0 Å². The summed E-state index contributed by atoms with van der Waals surface area (Å²) in [5.41, 5.74) is 2.54. The quantitative estimate of drug-likeness (QED) is 0.781. The number of piperidine rings is 1. The van der Waals surface area contributed by atoms with Gasteiger partial charge in [0, 0.05) is 29.3 Å². The van der Waals surface area contributed by atoms with Crippen molar-refractivity contribution in [1.82, 2.24) is 4.98 Å². The molecule has 1 aromatic carbocycles. The molecule has 0 amide bonds. The van der Waals surface area contributed by atoms with Crippen molar-refractivity contribution in [2.45, 2.75) is 25.8 Å². The lowest BCUT2D eigenvalue weighted by atomic mass is 10.0. The number of methoxy groups -OCH3 is 1. The molecule has 6 heteroatoms. The number of aromatic nitrogens is 1. The molecule has 25 heavy (non-hydrogen) atoms. The van der Waals surface area contributed by atoms with Crippen LogP contribution < -0.4 is 10.2 Å². The van der Waals surface area contributed by atoms with Gasteiger partial charge in [-0.1, -0.05) is 6.07 Å². The molecular formula is C19H22BrN3O2. The first-order valence-corrected chi connectivity index (χ1v) is 9.19. The number of pyridine rings is 1. The average Bonchev–Trinajstić information content (AvgIpc) is 2.64. The van der Waals surface area contributed by atoms with Gasteiger partial charge in [0.15, 0.2) is 0 Å². The largest absolute Gasteiger partial charge is 0.465 e. The van der Waals surface area contributed by atoms with Gasteiger partial charge in [-0.3, -0.25) is 0 Å². The van der Waals surface area contributed by atoms with Gasteiger partial charge in [-0.2, -0.15) is 0 Å². The van der Waals surface area contributed by atoms with E-state index in [1.807, 2.05) is 25.1 Å². The lowest BCUT2D eigenvalue weighted by molar-refractivity contribution is 0.0601. The van der Waals surface area contributed by atoms with E-state index in [4.69, 9.17) is 4.74 Å². The number of esters is 1. The van der Waals surface area contributed by atoms with E-state index in [0.717, 1.165) is 47.6 Å². The molecule has 2 heterocycles. The highest BCUT2D eigenvalue weighted by Crippen LogP contribution is 2.24. The Morgan fingerprint density at radius 3 is 2.72 bits per heavy atom. The molecule has 0 radical (unpaired) electrons. The highest BCUT2D eigenvalue weighted by atomic mass is 79.9. The van der Waals surface area contributed by atoms with Crippen molar-refractivity contribution in [3.8, 4) is 0 Å². The van der Waals surface area contributed by atoms with Crippen molar-refractivity contribution in [2.24, 2.45) is 0 Å². The van der Waals surface area contributed by atoms with Crippen LogP contribution >= 0.6 is 15.9 Å². The Balaban J connectivity index is 1.59. The third-order valence-corrected chi connectivity index (χ3v) is 5.32. The number of halogens is 1. The summed E-state index contributed by atoms with van der Waals surface area (Å²) in [6, 6.07) is 12.0. The molecule has 132 valence electrons. The third kappa shape index (κ3) is 4.31. The average molecular weight is 404 g/mol. The number of anilines is 2. The summed E-state index contributed by atoms with van der Waals surface area (Å²) in [7, 11) is 1.40. The maximum Gasteiger partial charge on any atom is 0.337 e. The van der Waals surface area contributed by atoms with E-state index in [2.05, 4.69) is 43.3 Å².